The lowest BCUT2D eigenvalue weighted by Gasteiger charge is -2.09. The number of hydrogen-bond acceptors (Lipinski definition) is 2. The number of nitrogens with one attached hydrogen (secondary N) is 2. The minimum Gasteiger partial charge on any atom is -0.492 e. The molecule has 0 aliphatic rings. The largest absolute Gasteiger partial charge is 0.492 e. The summed E-state index contributed by atoms with van der Waals surface area (Å²) < 4.78 is 18.4. The lowest BCUT2D eigenvalue weighted by Crippen LogP contribution is -2.32. The minimum absolute atomic E-state index is 0.302. The molecule has 2 rings (SSSR count). The fourth-order valence-electron chi connectivity index (χ4n) is 1.63. The molecular weight excluding hydrogens is 295 g/mol. The molecule has 0 spiro atoms. The molecule has 0 saturated carbocycles. The number of rotatable bonds is 5. The van der Waals surface area contributed by atoms with Crippen molar-refractivity contribution >= 4 is 23.3 Å². The van der Waals surface area contributed by atoms with Crippen molar-refractivity contribution < 1.29 is 13.9 Å². The monoisotopic (exact) mass is 308 g/mol. The van der Waals surface area contributed by atoms with E-state index >= 15 is 0 Å². The molecule has 0 saturated heterocycles. The number of benzene rings is 2. The van der Waals surface area contributed by atoms with Crippen molar-refractivity contribution in [3.8, 4) is 5.75 Å². The van der Waals surface area contributed by atoms with E-state index in [1.165, 1.54) is 18.2 Å². The van der Waals surface area contributed by atoms with Gasteiger partial charge in [-0.3, -0.25) is 0 Å². The average molecular weight is 309 g/mol. The number of urea groups is 1. The zero-order valence-corrected chi connectivity index (χ0v) is 11.9. The van der Waals surface area contributed by atoms with Gasteiger partial charge in [0.15, 0.2) is 0 Å². The van der Waals surface area contributed by atoms with Gasteiger partial charge < -0.3 is 15.4 Å². The number of ether oxygens (including phenoxy) is 1. The number of halogens is 2. The van der Waals surface area contributed by atoms with Gasteiger partial charge in [0.25, 0.3) is 0 Å². The lowest BCUT2D eigenvalue weighted by atomic mass is 10.3. The average Bonchev–Trinajstić information content (AvgIpc) is 2.44. The smallest absolute Gasteiger partial charge is 0.319 e. The van der Waals surface area contributed by atoms with Gasteiger partial charge in [0.2, 0.25) is 0 Å². The minimum atomic E-state index is -0.421. The number of amides is 2. The van der Waals surface area contributed by atoms with E-state index in [2.05, 4.69) is 10.6 Å². The van der Waals surface area contributed by atoms with Crippen LogP contribution in [0.1, 0.15) is 0 Å². The summed E-state index contributed by atoms with van der Waals surface area (Å²) in [4.78, 5) is 11.6. The van der Waals surface area contributed by atoms with E-state index in [4.69, 9.17) is 16.3 Å². The van der Waals surface area contributed by atoms with Crippen molar-refractivity contribution in [1.29, 1.82) is 0 Å². The van der Waals surface area contributed by atoms with E-state index in [1.807, 2.05) is 0 Å². The Morgan fingerprint density at radius 1 is 1.19 bits per heavy atom. The van der Waals surface area contributed by atoms with Gasteiger partial charge in [0, 0.05) is 10.7 Å². The summed E-state index contributed by atoms with van der Waals surface area (Å²) in [5.74, 6) is 0.229. The molecule has 6 heteroatoms. The third-order valence-electron chi connectivity index (χ3n) is 2.53. The van der Waals surface area contributed by atoms with Crippen molar-refractivity contribution in [3.05, 3.63) is 59.4 Å². The Bertz CT molecular complexity index is 622. The molecule has 0 fully saturated rings. The summed E-state index contributed by atoms with van der Waals surface area (Å²) in [7, 11) is 0. The molecular formula is C15H14ClFN2O2. The maximum absolute atomic E-state index is 12.9. The van der Waals surface area contributed by atoms with Gasteiger partial charge in [-0.15, -0.1) is 0 Å². The van der Waals surface area contributed by atoms with Gasteiger partial charge in [-0.2, -0.15) is 0 Å². The molecule has 0 atom stereocenters. The highest BCUT2D eigenvalue weighted by Gasteiger charge is 2.02. The molecule has 0 aliphatic heterocycles. The van der Waals surface area contributed by atoms with Crippen molar-refractivity contribution in [2.45, 2.75) is 0 Å². The van der Waals surface area contributed by atoms with Crippen molar-refractivity contribution in [2.24, 2.45) is 0 Å². The topological polar surface area (TPSA) is 50.4 Å². The molecule has 0 bridgehead atoms. The van der Waals surface area contributed by atoms with Crippen LogP contribution in [0.5, 0.6) is 5.75 Å². The molecule has 110 valence electrons. The SMILES string of the molecule is O=C(NCCOc1cccc(Cl)c1)Nc1cccc(F)c1. The van der Waals surface area contributed by atoms with Crippen LogP contribution in [0, 0.1) is 5.82 Å². The van der Waals surface area contributed by atoms with Crippen LogP contribution in [0.15, 0.2) is 48.5 Å². The summed E-state index contributed by atoms with van der Waals surface area (Å²) in [6.07, 6.45) is 0. The third-order valence-corrected chi connectivity index (χ3v) is 2.77. The number of carbonyl (C=O) groups excluding carboxylic acids is 1. The molecule has 21 heavy (non-hydrogen) atoms. The predicted molar refractivity (Wildman–Crippen MR) is 80.4 cm³/mol. The van der Waals surface area contributed by atoms with Gasteiger partial charge in [0.05, 0.1) is 6.54 Å². The normalized spacial score (nSPS) is 10.0. The van der Waals surface area contributed by atoms with E-state index in [-0.39, 0.29) is 0 Å². The second-order valence-corrected chi connectivity index (χ2v) is 4.63. The molecule has 2 N–H and O–H groups in total. The zero-order valence-electron chi connectivity index (χ0n) is 11.1. The van der Waals surface area contributed by atoms with Crippen LogP contribution in [0.2, 0.25) is 5.02 Å². The fraction of sp³-hybridized carbons (Fsp3) is 0.133. The lowest BCUT2D eigenvalue weighted by molar-refractivity contribution is 0.247. The Labute approximate surface area is 126 Å². The maximum Gasteiger partial charge on any atom is 0.319 e. The highest BCUT2D eigenvalue weighted by molar-refractivity contribution is 6.30. The van der Waals surface area contributed by atoms with Crippen LogP contribution in [-0.4, -0.2) is 19.2 Å². The quantitative estimate of drug-likeness (QED) is 0.828. The van der Waals surface area contributed by atoms with E-state index < -0.39 is 11.8 Å². The van der Waals surface area contributed by atoms with Crippen LogP contribution < -0.4 is 15.4 Å². The van der Waals surface area contributed by atoms with Crippen LogP contribution in [-0.2, 0) is 0 Å². The van der Waals surface area contributed by atoms with Crippen LogP contribution >= 0.6 is 11.6 Å². The van der Waals surface area contributed by atoms with Crippen molar-refractivity contribution in [3.63, 3.8) is 0 Å². The number of anilines is 1. The van der Waals surface area contributed by atoms with Gasteiger partial charge in [-0.05, 0) is 36.4 Å². The highest BCUT2D eigenvalue weighted by Crippen LogP contribution is 2.16. The predicted octanol–water partition coefficient (Wildman–Crippen LogP) is 3.68. The van der Waals surface area contributed by atoms with E-state index in [9.17, 15) is 9.18 Å². The van der Waals surface area contributed by atoms with Crippen molar-refractivity contribution in [2.75, 3.05) is 18.5 Å². The molecule has 4 nitrogen and oxygen atoms in total. The summed E-state index contributed by atoms with van der Waals surface area (Å²) in [6, 6.07) is 12.2. The van der Waals surface area contributed by atoms with Crippen LogP contribution in [0.4, 0.5) is 14.9 Å². The molecule has 2 aromatic carbocycles. The van der Waals surface area contributed by atoms with E-state index in [1.54, 1.807) is 30.3 Å². The Hall–Kier alpha value is -2.27. The molecule has 0 unspecified atom stereocenters. The first kappa shape index (κ1) is 15.1. The highest BCUT2D eigenvalue weighted by atomic mass is 35.5. The first-order valence-electron chi connectivity index (χ1n) is 6.32. The summed E-state index contributed by atoms with van der Waals surface area (Å²) in [6.45, 7) is 0.616. The van der Waals surface area contributed by atoms with Gasteiger partial charge >= 0.3 is 6.03 Å². The first-order valence-corrected chi connectivity index (χ1v) is 6.70. The standard InChI is InChI=1S/C15H14ClFN2O2/c16-11-3-1-6-14(9-11)21-8-7-18-15(20)19-13-5-2-4-12(17)10-13/h1-6,9-10H,7-8H2,(H2,18,19,20). The van der Waals surface area contributed by atoms with E-state index in [0.29, 0.717) is 29.6 Å². The molecule has 0 aromatic heterocycles. The Morgan fingerprint density at radius 2 is 2.00 bits per heavy atom. The Morgan fingerprint density at radius 3 is 2.76 bits per heavy atom. The van der Waals surface area contributed by atoms with Crippen molar-refractivity contribution in [1.82, 2.24) is 5.32 Å². The summed E-state index contributed by atoms with van der Waals surface area (Å²) in [5, 5.41) is 5.72. The van der Waals surface area contributed by atoms with Crippen LogP contribution in [0.25, 0.3) is 0 Å². The van der Waals surface area contributed by atoms with Gasteiger partial charge in [-0.1, -0.05) is 23.7 Å². The molecule has 2 amide bonds. The number of hydrogen-bond donors (Lipinski definition) is 2. The van der Waals surface area contributed by atoms with Gasteiger partial charge in [-0.25, -0.2) is 9.18 Å². The zero-order chi connectivity index (χ0) is 15.1. The first-order chi connectivity index (χ1) is 10.1. The Balaban J connectivity index is 1.70. The Kier molecular flexibility index (Phi) is 5.40. The van der Waals surface area contributed by atoms with Gasteiger partial charge in [0.1, 0.15) is 18.2 Å². The van der Waals surface area contributed by atoms with Crippen LogP contribution in [0.3, 0.4) is 0 Å². The van der Waals surface area contributed by atoms with E-state index in [0.717, 1.165) is 0 Å². The summed E-state index contributed by atoms with van der Waals surface area (Å²) >= 11 is 5.82. The molecule has 0 heterocycles. The molecule has 2 aromatic rings. The summed E-state index contributed by atoms with van der Waals surface area (Å²) in [5.41, 5.74) is 0.392. The maximum atomic E-state index is 12.9. The fourth-order valence-corrected chi connectivity index (χ4v) is 1.81. The number of carbonyl (C=O) groups is 1. The third kappa shape index (κ3) is 5.31. The second kappa shape index (κ2) is 7.50. The second-order valence-electron chi connectivity index (χ2n) is 4.20. The molecule has 0 radical (unpaired) electrons. The molecule has 0 aliphatic carbocycles.